The molecule has 20 heavy (non-hydrogen) atoms. The van der Waals surface area contributed by atoms with E-state index in [1.54, 1.807) is 0 Å². The number of piperidine rings is 1. The Morgan fingerprint density at radius 3 is 3.00 bits per heavy atom. The van der Waals surface area contributed by atoms with Crippen molar-refractivity contribution in [3.63, 3.8) is 0 Å². The maximum atomic E-state index is 12.5. The number of hydrogen-bond donors (Lipinski definition) is 1. The molecule has 118 valence electrons. The molecule has 3 atom stereocenters. The van der Waals surface area contributed by atoms with Gasteiger partial charge in [-0.05, 0) is 32.6 Å². The fraction of sp³-hybridized carbons (Fsp3) is 0.929. The van der Waals surface area contributed by atoms with Crippen LogP contribution in [0.4, 0.5) is 0 Å². The number of amides is 1. The van der Waals surface area contributed by atoms with Crippen LogP contribution in [0.25, 0.3) is 0 Å². The molecule has 2 fully saturated rings. The van der Waals surface area contributed by atoms with Gasteiger partial charge in [-0.1, -0.05) is 0 Å². The van der Waals surface area contributed by atoms with E-state index in [9.17, 15) is 4.79 Å². The molecular formula is C14H27ClN2O3. The van der Waals surface area contributed by atoms with E-state index in [4.69, 9.17) is 9.47 Å². The minimum absolute atomic E-state index is 0. The van der Waals surface area contributed by atoms with Gasteiger partial charge in [-0.25, -0.2) is 0 Å². The number of carbonyl (C=O) groups is 1. The molecule has 0 spiro atoms. The molecule has 5 nitrogen and oxygen atoms in total. The smallest absolute Gasteiger partial charge is 0.242 e. The third kappa shape index (κ3) is 4.58. The van der Waals surface area contributed by atoms with Crippen molar-refractivity contribution >= 4 is 18.3 Å². The number of ether oxygens (including phenoxy) is 2. The zero-order valence-corrected chi connectivity index (χ0v) is 13.3. The second-order valence-electron chi connectivity index (χ2n) is 5.46. The molecule has 0 aromatic carbocycles. The molecule has 0 aliphatic carbocycles. The minimum Gasteiger partial charge on any atom is -0.381 e. The van der Waals surface area contributed by atoms with Crippen LogP contribution in [-0.2, 0) is 14.3 Å². The molecule has 2 aliphatic rings. The zero-order chi connectivity index (χ0) is 13.7. The van der Waals surface area contributed by atoms with E-state index in [0.717, 1.165) is 45.7 Å². The van der Waals surface area contributed by atoms with Crippen molar-refractivity contribution < 1.29 is 14.3 Å². The Morgan fingerprint density at radius 1 is 1.50 bits per heavy atom. The van der Waals surface area contributed by atoms with Gasteiger partial charge in [0.15, 0.2) is 0 Å². The largest absolute Gasteiger partial charge is 0.381 e. The van der Waals surface area contributed by atoms with E-state index in [1.807, 2.05) is 18.7 Å². The summed E-state index contributed by atoms with van der Waals surface area (Å²) in [5.74, 6) is 0.672. The fourth-order valence-electron chi connectivity index (χ4n) is 2.89. The first-order valence-corrected chi connectivity index (χ1v) is 7.44. The maximum Gasteiger partial charge on any atom is 0.242 e. The molecule has 2 heterocycles. The number of carbonyl (C=O) groups excluding carboxylic acids is 1. The fourth-order valence-corrected chi connectivity index (χ4v) is 2.89. The average molecular weight is 307 g/mol. The standard InChI is InChI=1S/C14H26N2O3.ClH/c1-3-18-10-12-5-4-7-16(9-12)14(17)13-11(2)19-8-6-15-13;/h11-13,15H,3-10H2,1-2H3;1H/t11-,12?,13+;/m1./s1. The van der Waals surface area contributed by atoms with Gasteiger partial charge in [0.05, 0.1) is 19.3 Å². The van der Waals surface area contributed by atoms with E-state index in [-0.39, 0.29) is 30.5 Å². The number of halogens is 1. The summed E-state index contributed by atoms with van der Waals surface area (Å²) >= 11 is 0. The van der Waals surface area contributed by atoms with Gasteiger partial charge in [-0.15, -0.1) is 12.4 Å². The molecule has 2 saturated heterocycles. The summed E-state index contributed by atoms with van der Waals surface area (Å²) in [6.45, 7) is 8.64. The molecule has 6 heteroatoms. The lowest BCUT2D eigenvalue weighted by atomic mass is 9.97. The van der Waals surface area contributed by atoms with Crippen LogP contribution in [0.5, 0.6) is 0 Å². The van der Waals surface area contributed by atoms with Crippen molar-refractivity contribution in [1.29, 1.82) is 0 Å². The Kier molecular flexibility index (Phi) is 7.80. The second kappa shape index (κ2) is 8.82. The van der Waals surface area contributed by atoms with E-state index in [0.29, 0.717) is 12.5 Å². The summed E-state index contributed by atoms with van der Waals surface area (Å²) in [4.78, 5) is 14.5. The molecule has 1 N–H and O–H groups in total. The zero-order valence-electron chi connectivity index (χ0n) is 12.5. The highest BCUT2D eigenvalue weighted by Gasteiger charge is 2.33. The predicted molar refractivity (Wildman–Crippen MR) is 80.2 cm³/mol. The van der Waals surface area contributed by atoms with Crippen LogP contribution in [0.2, 0.25) is 0 Å². The van der Waals surface area contributed by atoms with Crippen molar-refractivity contribution in [2.45, 2.75) is 38.8 Å². The van der Waals surface area contributed by atoms with Crippen LogP contribution in [0, 0.1) is 5.92 Å². The Balaban J connectivity index is 0.00000200. The van der Waals surface area contributed by atoms with Crippen LogP contribution in [0.3, 0.4) is 0 Å². The molecule has 0 aromatic heterocycles. The van der Waals surface area contributed by atoms with Gasteiger partial charge in [-0.3, -0.25) is 4.79 Å². The number of rotatable bonds is 4. The number of morpholine rings is 1. The lowest BCUT2D eigenvalue weighted by Crippen LogP contribution is -2.58. The lowest BCUT2D eigenvalue weighted by Gasteiger charge is -2.38. The van der Waals surface area contributed by atoms with Gasteiger partial charge in [0.1, 0.15) is 6.04 Å². The van der Waals surface area contributed by atoms with E-state index < -0.39 is 0 Å². The van der Waals surface area contributed by atoms with Crippen LogP contribution < -0.4 is 5.32 Å². The molecule has 1 amide bonds. The summed E-state index contributed by atoms with van der Waals surface area (Å²) in [5.41, 5.74) is 0. The summed E-state index contributed by atoms with van der Waals surface area (Å²) in [6.07, 6.45) is 2.20. The van der Waals surface area contributed by atoms with Gasteiger partial charge in [0.25, 0.3) is 0 Å². The Hall–Kier alpha value is -0.360. The van der Waals surface area contributed by atoms with Crippen LogP contribution in [-0.4, -0.2) is 62.4 Å². The van der Waals surface area contributed by atoms with Gasteiger partial charge < -0.3 is 19.7 Å². The van der Waals surface area contributed by atoms with Crippen molar-refractivity contribution in [1.82, 2.24) is 10.2 Å². The maximum absolute atomic E-state index is 12.5. The summed E-state index contributed by atoms with van der Waals surface area (Å²) in [6, 6.07) is -0.181. The first-order valence-electron chi connectivity index (χ1n) is 7.44. The second-order valence-corrected chi connectivity index (χ2v) is 5.46. The third-order valence-electron chi connectivity index (χ3n) is 3.97. The van der Waals surface area contributed by atoms with Crippen molar-refractivity contribution in [2.75, 3.05) is 39.5 Å². The van der Waals surface area contributed by atoms with Crippen molar-refractivity contribution in [3.05, 3.63) is 0 Å². The topological polar surface area (TPSA) is 50.8 Å². The van der Waals surface area contributed by atoms with Crippen LogP contribution in [0.1, 0.15) is 26.7 Å². The SMILES string of the molecule is CCOCC1CCCN(C(=O)[C@H]2NCCO[C@@H]2C)C1.Cl. The first kappa shape index (κ1) is 17.7. The number of hydrogen-bond acceptors (Lipinski definition) is 4. The molecule has 0 saturated carbocycles. The van der Waals surface area contributed by atoms with Gasteiger partial charge in [-0.2, -0.15) is 0 Å². The van der Waals surface area contributed by atoms with E-state index >= 15 is 0 Å². The summed E-state index contributed by atoms with van der Waals surface area (Å²) in [7, 11) is 0. The van der Waals surface area contributed by atoms with Crippen molar-refractivity contribution in [2.24, 2.45) is 5.92 Å². The average Bonchev–Trinajstić information content (AvgIpc) is 2.45. The predicted octanol–water partition coefficient (Wildman–Crippen LogP) is 1.06. The summed E-state index contributed by atoms with van der Waals surface area (Å²) < 4.78 is 11.0. The molecule has 0 aromatic rings. The Bertz CT molecular complexity index is 304. The monoisotopic (exact) mass is 306 g/mol. The molecular weight excluding hydrogens is 280 g/mol. The molecule has 0 radical (unpaired) electrons. The Labute approximate surface area is 127 Å². The molecule has 2 rings (SSSR count). The van der Waals surface area contributed by atoms with Gasteiger partial charge in [0.2, 0.25) is 5.91 Å². The Morgan fingerprint density at radius 2 is 2.30 bits per heavy atom. The third-order valence-corrected chi connectivity index (χ3v) is 3.97. The van der Waals surface area contributed by atoms with Crippen LogP contribution in [0.15, 0.2) is 0 Å². The number of likely N-dealkylation sites (tertiary alicyclic amines) is 1. The quantitative estimate of drug-likeness (QED) is 0.844. The van der Waals surface area contributed by atoms with Gasteiger partial charge in [0, 0.05) is 26.2 Å². The number of nitrogens with one attached hydrogen (secondary N) is 1. The summed E-state index contributed by atoms with van der Waals surface area (Å²) in [5, 5.41) is 3.28. The lowest BCUT2D eigenvalue weighted by molar-refractivity contribution is -0.141. The molecule has 1 unspecified atom stereocenters. The molecule has 2 aliphatic heterocycles. The highest BCUT2D eigenvalue weighted by Crippen LogP contribution is 2.19. The van der Waals surface area contributed by atoms with Crippen LogP contribution >= 0.6 is 12.4 Å². The van der Waals surface area contributed by atoms with Crippen molar-refractivity contribution in [3.8, 4) is 0 Å². The first-order chi connectivity index (χ1) is 9.22. The normalized spacial score (nSPS) is 30.7. The van der Waals surface area contributed by atoms with Gasteiger partial charge >= 0.3 is 0 Å². The highest BCUT2D eigenvalue weighted by atomic mass is 35.5. The number of nitrogens with zero attached hydrogens (tertiary/aromatic N) is 1. The van der Waals surface area contributed by atoms with E-state index in [2.05, 4.69) is 5.32 Å². The minimum atomic E-state index is -0.181. The highest BCUT2D eigenvalue weighted by molar-refractivity contribution is 5.85. The van der Waals surface area contributed by atoms with E-state index in [1.165, 1.54) is 0 Å². The molecule has 0 bridgehead atoms.